The van der Waals surface area contributed by atoms with Gasteiger partial charge in [0.1, 0.15) is 11.5 Å². The number of hydrogen-bond acceptors (Lipinski definition) is 5. The first-order valence-corrected chi connectivity index (χ1v) is 6.21. The molecule has 3 heterocycles. The van der Waals surface area contributed by atoms with Gasteiger partial charge in [0, 0.05) is 12.4 Å². The Balaban J connectivity index is 1.75. The summed E-state index contributed by atoms with van der Waals surface area (Å²) in [4.78, 5) is 33.2. The predicted molar refractivity (Wildman–Crippen MR) is 72.5 cm³/mol. The fourth-order valence-corrected chi connectivity index (χ4v) is 2.01. The van der Waals surface area contributed by atoms with Crippen LogP contribution in [-0.2, 0) is 0 Å². The van der Waals surface area contributed by atoms with Gasteiger partial charge in [-0.05, 0) is 24.3 Å². The van der Waals surface area contributed by atoms with Gasteiger partial charge in [0.15, 0.2) is 0 Å². The van der Waals surface area contributed by atoms with Crippen LogP contribution in [0, 0.1) is 0 Å². The second-order valence-electron chi connectivity index (χ2n) is 4.13. The monoisotopic (exact) mass is 288 g/mol. The molecule has 2 amide bonds. The Morgan fingerprint density at radius 3 is 2.70 bits per heavy atom. The van der Waals surface area contributed by atoms with Crippen LogP contribution in [0.3, 0.4) is 0 Å². The summed E-state index contributed by atoms with van der Waals surface area (Å²) < 4.78 is 0. The van der Waals surface area contributed by atoms with E-state index in [-0.39, 0.29) is 18.3 Å². The maximum Gasteiger partial charge on any atom is 0.281 e. The van der Waals surface area contributed by atoms with E-state index in [0.29, 0.717) is 16.4 Å². The minimum absolute atomic E-state index is 0.0304. The lowest BCUT2D eigenvalue weighted by atomic mass is 10.2. The zero-order valence-corrected chi connectivity index (χ0v) is 11.0. The van der Waals surface area contributed by atoms with Gasteiger partial charge in [0.05, 0.1) is 17.3 Å². The van der Waals surface area contributed by atoms with E-state index < -0.39 is 5.91 Å². The summed E-state index contributed by atoms with van der Waals surface area (Å²) in [5, 5.41) is 3.41. The van der Waals surface area contributed by atoms with E-state index in [1.165, 1.54) is 12.4 Å². The molecule has 7 heteroatoms. The number of fused-ring (bicyclic) bond motifs is 1. The number of amides is 2. The number of rotatable bonds is 3. The summed E-state index contributed by atoms with van der Waals surface area (Å²) in [5.41, 5.74) is 0.506. The first kappa shape index (κ1) is 12.6. The molecule has 0 spiro atoms. The van der Waals surface area contributed by atoms with Gasteiger partial charge in [-0.1, -0.05) is 11.6 Å². The van der Waals surface area contributed by atoms with Crippen LogP contribution in [0.25, 0.3) is 0 Å². The van der Waals surface area contributed by atoms with Gasteiger partial charge in [0.2, 0.25) is 0 Å². The molecule has 0 bridgehead atoms. The molecular weight excluding hydrogens is 280 g/mol. The molecule has 2 aromatic rings. The third-order valence-electron chi connectivity index (χ3n) is 2.88. The van der Waals surface area contributed by atoms with Crippen LogP contribution in [0.1, 0.15) is 20.8 Å². The molecule has 1 aliphatic heterocycles. The second kappa shape index (κ2) is 4.90. The van der Waals surface area contributed by atoms with Crippen LogP contribution in [0.15, 0.2) is 36.7 Å². The van der Waals surface area contributed by atoms with Crippen molar-refractivity contribution in [1.82, 2.24) is 14.9 Å². The smallest absolute Gasteiger partial charge is 0.281 e. The molecule has 1 N–H and O–H groups in total. The summed E-state index contributed by atoms with van der Waals surface area (Å²) in [6.07, 6.45) is 2.97. The van der Waals surface area contributed by atoms with Crippen molar-refractivity contribution in [3.8, 4) is 0 Å². The van der Waals surface area contributed by atoms with E-state index in [4.69, 9.17) is 11.6 Å². The van der Waals surface area contributed by atoms with E-state index in [1.807, 2.05) is 0 Å². The number of aromatic nitrogens is 2. The van der Waals surface area contributed by atoms with Crippen LogP contribution >= 0.6 is 11.6 Å². The lowest BCUT2D eigenvalue weighted by Gasteiger charge is -2.14. The predicted octanol–water partition coefficient (Wildman–Crippen LogP) is 1.80. The number of halogens is 1. The molecule has 0 fully saturated rings. The molecule has 0 saturated carbocycles. The Kier molecular flexibility index (Phi) is 3.08. The fourth-order valence-electron chi connectivity index (χ4n) is 1.90. The van der Waals surface area contributed by atoms with Crippen LogP contribution in [0.2, 0.25) is 5.02 Å². The van der Waals surface area contributed by atoms with E-state index >= 15 is 0 Å². The third-order valence-corrected chi connectivity index (χ3v) is 3.10. The van der Waals surface area contributed by atoms with E-state index in [2.05, 4.69) is 15.3 Å². The molecule has 2 aromatic heterocycles. The zero-order chi connectivity index (χ0) is 14.1. The number of nitrogens with one attached hydrogen (secondary N) is 1. The normalized spacial score (nSPS) is 13.6. The SMILES string of the molecule is O=C1c2cccnc2C(=O)N1CNc1ccc(Cl)cn1. The highest BCUT2D eigenvalue weighted by Crippen LogP contribution is 2.20. The van der Waals surface area contributed by atoms with Crippen molar-refractivity contribution in [2.24, 2.45) is 0 Å². The lowest BCUT2D eigenvalue weighted by Crippen LogP contribution is -2.34. The summed E-state index contributed by atoms with van der Waals surface area (Å²) in [7, 11) is 0. The number of anilines is 1. The van der Waals surface area contributed by atoms with Gasteiger partial charge < -0.3 is 5.32 Å². The quantitative estimate of drug-likeness (QED) is 0.872. The second-order valence-corrected chi connectivity index (χ2v) is 4.57. The van der Waals surface area contributed by atoms with Crippen molar-refractivity contribution in [3.05, 3.63) is 52.9 Å². The van der Waals surface area contributed by atoms with Crippen molar-refractivity contribution in [3.63, 3.8) is 0 Å². The Morgan fingerprint density at radius 1 is 1.15 bits per heavy atom. The Bertz CT molecular complexity index is 652. The molecule has 1 aliphatic rings. The minimum Gasteiger partial charge on any atom is -0.352 e. The van der Waals surface area contributed by atoms with Crippen molar-refractivity contribution < 1.29 is 9.59 Å². The van der Waals surface area contributed by atoms with Gasteiger partial charge >= 0.3 is 0 Å². The van der Waals surface area contributed by atoms with Crippen LogP contribution in [0.4, 0.5) is 5.82 Å². The molecule has 0 atom stereocenters. The van der Waals surface area contributed by atoms with Gasteiger partial charge in [0.25, 0.3) is 11.8 Å². The van der Waals surface area contributed by atoms with Gasteiger partial charge in [-0.25, -0.2) is 4.98 Å². The molecule has 0 saturated heterocycles. The van der Waals surface area contributed by atoms with Crippen LogP contribution in [-0.4, -0.2) is 33.4 Å². The molecule has 6 nitrogen and oxygen atoms in total. The number of carbonyl (C=O) groups excluding carboxylic acids is 2. The van der Waals surface area contributed by atoms with Gasteiger partial charge in [-0.15, -0.1) is 0 Å². The zero-order valence-electron chi connectivity index (χ0n) is 10.2. The van der Waals surface area contributed by atoms with Crippen molar-refractivity contribution in [2.45, 2.75) is 0 Å². The molecule has 0 unspecified atom stereocenters. The van der Waals surface area contributed by atoms with E-state index in [9.17, 15) is 9.59 Å². The first-order valence-electron chi connectivity index (χ1n) is 5.83. The minimum atomic E-state index is -0.410. The largest absolute Gasteiger partial charge is 0.352 e. The number of carbonyl (C=O) groups is 2. The standard InChI is InChI=1S/C13H9ClN4O2/c14-8-3-4-10(16-6-8)17-7-18-12(19)9-2-1-5-15-11(9)13(18)20/h1-6H,7H2,(H,16,17). The number of nitrogens with zero attached hydrogens (tertiary/aromatic N) is 3. The Labute approximate surface area is 119 Å². The molecule has 0 aromatic carbocycles. The fraction of sp³-hybridized carbons (Fsp3) is 0.0769. The summed E-state index contributed by atoms with van der Waals surface area (Å²) in [6.45, 7) is 0.0304. The highest BCUT2D eigenvalue weighted by Gasteiger charge is 2.36. The number of pyridine rings is 2. The van der Waals surface area contributed by atoms with E-state index in [1.54, 1.807) is 24.3 Å². The average Bonchev–Trinajstić information content (AvgIpc) is 2.71. The van der Waals surface area contributed by atoms with Crippen molar-refractivity contribution in [2.75, 3.05) is 12.0 Å². The highest BCUT2D eigenvalue weighted by atomic mass is 35.5. The van der Waals surface area contributed by atoms with Crippen molar-refractivity contribution in [1.29, 1.82) is 0 Å². The molecular formula is C13H9ClN4O2. The topological polar surface area (TPSA) is 75.2 Å². The van der Waals surface area contributed by atoms with Crippen LogP contribution in [0.5, 0.6) is 0 Å². The summed E-state index contributed by atoms with van der Waals surface area (Å²) >= 11 is 5.73. The first-order chi connectivity index (χ1) is 9.66. The summed E-state index contributed by atoms with van der Waals surface area (Å²) in [5.74, 6) is -0.245. The molecule has 3 rings (SSSR count). The average molecular weight is 289 g/mol. The number of hydrogen-bond donors (Lipinski definition) is 1. The van der Waals surface area contributed by atoms with E-state index in [0.717, 1.165) is 4.90 Å². The van der Waals surface area contributed by atoms with Gasteiger partial charge in [-0.2, -0.15) is 0 Å². The van der Waals surface area contributed by atoms with Crippen molar-refractivity contribution >= 4 is 29.2 Å². The van der Waals surface area contributed by atoms with Gasteiger partial charge in [-0.3, -0.25) is 19.5 Å². The Hall–Kier alpha value is -2.47. The maximum atomic E-state index is 12.1. The molecule has 0 aliphatic carbocycles. The molecule has 20 heavy (non-hydrogen) atoms. The maximum absolute atomic E-state index is 12.1. The number of imide groups is 1. The Morgan fingerprint density at radius 2 is 2.00 bits per heavy atom. The molecule has 100 valence electrons. The van der Waals surface area contributed by atoms with Crippen LogP contribution < -0.4 is 5.32 Å². The summed E-state index contributed by atoms with van der Waals surface area (Å²) in [6, 6.07) is 6.55. The third kappa shape index (κ3) is 2.10. The highest BCUT2D eigenvalue weighted by molar-refractivity contribution is 6.30. The lowest BCUT2D eigenvalue weighted by molar-refractivity contribution is 0.0664. The molecule has 0 radical (unpaired) electrons.